The van der Waals surface area contributed by atoms with Crippen LogP contribution in [-0.4, -0.2) is 25.0 Å². The van der Waals surface area contributed by atoms with Gasteiger partial charge >= 0.3 is 5.97 Å². The smallest absolute Gasteiger partial charge is 0.375 e. The lowest BCUT2D eigenvalue weighted by Crippen LogP contribution is -2.33. The third-order valence-electron chi connectivity index (χ3n) is 4.02. The van der Waals surface area contributed by atoms with Crippen LogP contribution in [0.15, 0.2) is 35.6 Å². The minimum atomic E-state index is -0.694. The third-order valence-corrected chi connectivity index (χ3v) is 4.02. The number of carbonyl (C=O) groups excluding carboxylic acids is 2. The zero-order valence-corrected chi connectivity index (χ0v) is 12.1. The fraction of sp³-hybridized carbons (Fsp3) is 0.375. The van der Waals surface area contributed by atoms with E-state index < -0.39 is 12.1 Å². The Balaban J connectivity index is 2.00. The lowest BCUT2D eigenvalue weighted by molar-refractivity contribution is -0.144. The van der Waals surface area contributed by atoms with Crippen molar-refractivity contribution in [2.24, 2.45) is 5.92 Å². The van der Waals surface area contributed by atoms with Gasteiger partial charge in [-0.1, -0.05) is 19.1 Å². The Morgan fingerprint density at radius 2 is 1.71 bits per heavy atom. The first-order valence-electron chi connectivity index (χ1n) is 6.83. The highest BCUT2D eigenvalue weighted by Gasteiger charge is 2.47. The van der Waals surface area contributed by atoms with Crippen LogP contribution in [0.4, 0.5) is 0 Å². The highest BCUT2D eigenvalue weighted by atomic mass is 16.6. The second kappa shape index (κ2) is 4.91. The molecule has 0 aliphatic carbocycles. The van der Waals surface area contributed by atoms with E-state index in [-0.39, 0.29) is 23.6 Å². The molecule has 110 valence electrons. The average Bonchev–Trinajstić information content (AvgIpc) is 2.82. The number of Topliss-reactive ketones (excluding diaryl/α,β-unsaturated/α-hetero) is 1. The van der Waals surface area contributed by atoms with Crippen LogP contribution in [0, 0.1) is 5.92 Å². The topological polar surface area (TPSA) is 61.8 Å². The van der Waals surface area contributed by atoms with Gasteiger partial charge in [-0.15, -0.1) is 0 Å². The van der Waals surface area contributed by atoms with Crippen molar-refractivity contribution >= 4 is 11.8 Å². The van der Waals surface area contributed by atoms with E-state index in [1.807, 2.05) is 0 Å². The van der Waals surface area contributed by atoms with Gasteiger partial charge in [0.25, 0.3) is 0 Å². The van der Waals surface area contributed by atoms with Crippen LogP contribution in [0.1, 0.15) is 25.5 Å². The number of cyclic esters (lactones) is 1. The second-order valence-electron chi connectivity index (χ2n) is 5.28. The summed E-state index contributed by atoms with van der Waals surface area (Å²) in [5.41, 5.74) is 1.06. The van der Waals surface area contributed by atoms with Crippen LogP contribution in [0.2, 0.25) is 0 Å². The van der Waals surface area contributed by atoms with Gasteiger partial charge < -0.3 is 14.2 Å². The Bertz CT molecular complexity index is 629. The fourth-order valence-corrected chi connectivity index (χ4v) is 2.56. The maximum atomic E-state index is 12.5. The molecule has 2 aliphatic heterocycles. The molecule has 5 nitrogen and oxygen atoms in total. The summed E-state index contributed by atoms with van der Waals surface area (Å²) in [7, 11) is 1.58. The minimum Gasteiger partial charge on any atom is -0.497 e. The van der Waals surface area contributed by atoms with Gasteiger partial charge in [0.05, 0.1) is 18.6 Å². The Labute approximate surface area is 122 Å². The van der Waals surface area contributed by atoms with E-state index in [0.717, 1.165) is 5.56 Å². The zero-order valence-electron chi connectivity index (χ0n) is 12.1. The molecule has 2 heterocycles. The van der Waals surface area contributed by atoms with Crippen LogP contribution < -0.4 is 4.74 Å². The first-order chi connectivity index (χ1) is 10.0. The molecule has 2 aliphatic rings. The summed E-state index contributed by atoms with van der Waals surface area (Å²) < 4.78 is 16.0. The van der Waals surface area contributed by atoms with Gasteiger partial charge in [0.2, 0.25) is 5.76 Å². The predicted octanol–water partition coefficient (Wildman–Crippen LogP) is 2.17. The second-order valence-corrected chi connectivity index (χ2v) is 5.28. The van der Waals surface area contributed by atoms with Crippen molar-refractivity contribution < 1.29 is 23.8 Å². The number of benzene rings is 1. The van der Waals surface area contributed by atoms with Gasteiger partial charge in [-0.3, -0.25) is 4.79 Å². The number of hydrogen-bond acceptors (Lipinski definition) is 5. The van der Waals surface area contributed by atoms with Crippen molar-refractivity contribution in [3.8, 4) is 5.75 Å². The number of ether oxygens (including phenoxy) is 3. The molecule has 1 aromatic rings. The standard InChI is InChI=1S/C16H16O5/c1-8-9(2)20-15-12(13(8)17)14(21-16(15)18)10-4-6-11(19-3)7-5-10/h4-9,14H,1-3H3/t8-,9+,14-/m0/s1. The van der Waals surface area contributed by atoms with Crippen LogP contribution in [0.25, 0.3) is 0 Å². The minimum absolute atomic E-state index is 0.0615. The Hall–Kier alpha value is -2.30. The summed E-state index contributed by atoms with van der Waals surface area (Å²) in [5.74, 6) is -0.191. The summed E-state index contributed by atoms with van der Waals surface area (Å²) in [6.45, 7) is 3.57. The zero-order chi connectivity index (χ0) is 15.1. The van der Waals surface area contributed by atoms with Gasteiger partial charge in [-0.05, 0) is 24.6 Å². The molecule has 0 fully saturated rings. The highest BCUT2D eigenvalue weighted by molar-refractivity contribution is 6.08. The molecule has 21 heavy (non-hydrogen) atoms. The molecule has 0 radical (unpaired) electrons. The van der Waals surface area contributed by atoms with E-state index >= 15 is 0 Å². The van der Waals surface area contributed by atoms with Crippen molar-refractivity contribution in [1.82, 2.24) is 0 Å². The number of hydrogen-bond donors (Lipinski definition) is 0. The predicted molar refractivity (Wildman–Crippen MR) is 73.6 cm³/mol. The molecular weight excluding hydrogens is 272 g/mol. The molecule has 0 aromatic heterocycles. The lowest BCUT2D eigenvalue weighted by Gasteiger charge is -2.26. The largest absolute Gasteiger partial charge is 0.497 e. The molecule has 0 bridgehead atoms. The van der Waals surface area contributed by atoms with E-state index in [1.165, 1.54) is 0 Å². The van der Waals surface area contributed by atoms with Gasteiger partial charge in [-0.25, -0.2) is 4.79 Å². The Morgan fingerprint density at radius 3 is 2.33 bits per heavy atom. The number of methoxy groups -OCH3 is 1. The van der Waals surface area contributed by atoms with E-state index in [1.54, 1.807) is 45.2 Å². The Kier molecular flexibility index (Phi) is 3.20. The lowest BCUT2D eigenvalue weighted by atomic mass is 9.87. The number of esters is 1. The maximum absolute atomic E-state index is 12.5. The SMILES string of the molecule is COc1ccc([C@@H]2OC(=O)C3=C2C(=O)[C@@H](C)[C@@H](C)O3)cc1. The molecule has 0 spiro atoms. The van der Waals surface area contributed by atoms with E-state index in [2.05, 4.69) is 0 Å². The molecule has 0 N–H and O–H groups in total. The molecule has 0 amide bonds. The van der Waals surface area contributed by atoms with Crippen molar-refractivity contribution in [3.63, 3.8) is 0 Å². The summed E-state index contributed by atoms with van der Waals surface area (Å²) in [6, 6.07) is 7.09. The molecule has 5 heteroatoms. The monoisotopic (exact) mass is 288 g/mol. The normalized spacial score (nSPS) is 28.0. The fourth-order valence-electron chi connectivity index (χ4n) is 2.56. The molecule has 0 saturated heterocycles. The highest BCUT2D eigenvalue weighted by Crippen LogP contribution is 2.41. The first-order valence-corrected chi connectivity index (χ1v) is 6.83. The van der Waals surface area contributed by atoms with E-state index in [0.29, 0.717) is 11.3 Å². The first kappa shape index (κ1) is 13.7. The van der Waals surface area contributed by atoms with E-state index in [4.69, 9.17) is 14.2 Å². The molecule has 1 aromatic carbocycles. The summed E-state index contributed by atoms with van der Waals surface area (Å²) >= 11 is 0. The van der Waals surface area contributed by atoms with Crippen LogP contribution in [0.5, 0.6) is 5.75 Å². The van der Waals surface area contributed by atoms with Gasteiger partial charge in [-0.2, -0.15) is 0 Å². The van der Waals surface area contributed by atoms with Crippen LogP contribution >= 0.6 is 0 Å². The molecule has 0 unspecified atom stereocenters. The number of rotatable bonds is 2. The molecular formula is C16H16O5. The maximum Gasteiger partial charge on any atom is 0.375 e. The molecule has 3 atom stereocenters. The van der Waals surface area contributed by atoms with Crippen LogP contribution in [-0.2, 0) is 19.1 Å². The van der Waals surface area contributed by atoms with Crippen molar-refractivity contribution in [2.45, 2.75) is 26.1 Å². The van der Waals surface area contributed by atoms with E-state index in [9.17, 15) is 9.59 Å². The third kappa shape index (κ3) is 2.09. The number of ketones is 1. The summed E-state index contributed by atoms with van der Waals surface area (Å²) in [4.78, 5) is 24.4. The van der Waals surface area contributed by atoms with Gasteiger partial charge in [0.15, 0.2) is 11.9 Å². The quantitative estimate of drug-likeness (QED) is 0.780. The summed E-state index contributed by atoms with van der Waals surface area (Å²) in [6.07, 6.45) is -1.01. The Morgan fingerprint density at radius 1 is 1.05 bits per heavy atom. The summed E-state index contributed by atoms with van der Waals surface area (Å²) in [5, 5.41) is 0. The van der Waals surface area contributed by atoms with Crippen molar-refractivity contribution in [3.05, 3.63) is 41.2 Å². The number of carbonyl (C=O) groups is 2. The molecule has 0 saturated carbocycles. The van der Waals surface area contributed by atoms with Crippen molar-refractivity contribution in [1.29, 1.82) is 0 Å². The van der Waals surface area contributed by atoms with Gasteiger partial charge in [0, 0.05) is 0 Å². The average molecular weight is 288 g/mol. The van der Waals surface area contributed by atoms with Crippen LogP contribution in [0.3, 0.4) is 0 Å². The van der Waals surface area contributed by atoms with Crippen molar-refractivity contribution in [2.75, 3.05) is 7.11 Å². The van der Waals surface area contributed by atoms with Gasteiger partial charge in [0.1, 0.15) is 11.9 Å². The molecule has 3 rings (SSSR count).